The normalized spacial score (nSPS) is 13.1. The van der Waals surface area contributed by atoms with Gasteiger partial charge in [0.05, 0.1) is 4.90 Å². The van der Waals surface area contributed by atoms with E-state index in [1.165, 1.54) is 18.5 Å². The van der Waals surface area contributed by atoms with Crippen LogP contribution < -0.4 is 4.72 Å². The summed E-state index contributed by atoms with van der Waals surface area (Å²) in [7, 11) is -3.87. The highest BCUT2D eigenvalue weighted by atomic mass is 32.2. The highest BCUT2D eigenvalue weighted by molar-refractivity contribution is 7.89. The molecule has 1 aromatic heterocycles. The molecule has 7 heteroatoms. The number of benzene rings is 1. The van der Waals surface area contributed by atoms with Crippen LogP contribution in [0.25, 0.3) is 0 Å². The summed E-state index contributed by atoms with van der Waals surface area (Å²) in [5.41, 5.74) is 0.370. The van der Waals surface area contributed by atoms with Crippen molar-refractivity contribution in [3.05, 3.63) is 54.4 Å². The maximum absolute atomic E-state index is 12.0. The Morgan fingerprint density at radius 3 is 2.42 bits per heavy atom. The molecule has 6 nitrogen and oxygen atoms in total. The zero-order valence-corrected chi connectivity index (χ0v) is 10.6. The van der Waals surface area contributed by atoms with Gasteiger partial charge in [0.1, 0.15) is 6.04 Å². The summed E-state index contributed by atoms with van der Waals surface area (Å²) in [4.78, 5) is 13.8. The fourth-order valence-corrected chi connectivity index (χ4v) is 2.76. The largest absolute Gasteiger partial charge is 0.480 e. The lowest BCUT2D eigenvalue weighted by Gasteiger charge is -2.14. The molecule has 0 radical (unpaired) electrons. The third-order valence-electron chi connectivity index (χ3n) is 2.53. The number of aliphatic carboxylic acids is 1. The number of sulfonamides is 1. The van der Waals surface area contributed by atoms with Crippen LogP contribution in [0.5, 0.6) is 0 Å². The molecule has 1 atom stereocenters. The van der Waals surface area contributed by atoms with Gasteiger partial charge in [-0.3, -0.25) is 4.79 Å². The van der Waals surface area contributed by atoms with Gasteiger partial charge in [0.2, 0.25) is 10.0 Å². The molecule has 0 fully saturated rings. The number of aromatic amines is 1. The molecular weight excluding hydrogens is 268 g/mol. The summed E-state index contributed by atoms with van der Waals surface area (Å²) in [6.07, 6.45) is 2.74. The summed E-state index contributed by atoms with van der Waals surface area (Å²) in [5, 5.41) is 9.15. The second-order valence-electron chi connectivity index (χ2n) is 3.85. The summed E-state index contributed by atoms with van der Waals surface area (Å²) < 4.78 is 26.1. The van der Waals surface area contributed by atoms with E-state index in [1.54, 1.807) is 30.3 Å². The zero-order chi connectivity index (χ0) is 13.9. The molecule has 0 saturated carbocycles. The first-order chi connectivity index (χ1) is 9.00. The van der Waals surface area contributed by atoms with Crippen molar-refractivity contribution in [1.29, 1.82) is 0 Å². The highest BCUT2D eigenvalue weighted by Crippen LogP contribution is 2.17. The maximum Gasteiger partial charge on any atom is 0.326 e. The van der Waals surface area contributed by atoms with E-state index in [4.69, 9.17) is 5.11 Å². The molecule has 0 bridgehead atoms. The minimum atomic E-state index is -3.87. The lowest BCUT2D eigenvalue weighted by Crippen LogP contribution is -2.33. The first-order valence-corrected chi connectivity index (χ1v) is 6.92. The van der Waals surface area contributed by atoms with Crippen molar-refractivity contribution in [2.75, 3.05) is 0 Å². The van der Waals surface area contributed by atoms with Crippen molar-refractivity contribution in [3.63, 3.8) is 0 Å². The van der Waals surface area contributed by atoms with Crippen molar-refractivity contribution < 1.29 is 18.3 Å². The van der Waals surface area contributed by atoms with Crippen molar-refractivity contribution in [2.45, 2.75) is 10.9 Å². The van der Waals surface area contributed by atoms with Gasteiger partial charge >= 0.3 is 5.97 Å². The van der Waals surface area contributed by atoms with Crippen molar-refractivity contribution in [1.82, 2.24) is 9.71 Å². The minimum absolute atomic E-state index is 0.00492. The fraction of sp³-hybridized carbons (Fsp3) is 0.0833. The fourth-order valence-electron chi connectivity index (χ4n) is 1.61. The van der Waals surface area contributed by atoms with E-state index in [2.05, 4.69) is 9.71 Å². The Kier molecular flexibility index (Phi) is 3.68. The summed E-state index contributed by atoms with van der Waals surface area (Å²) in [5.74, 6) is -1.26. The Labute approximate surface area is 110 Å². The van der Waals surface area contributed by atoms with E-state index in [-0.39, 0.29) is 4.90 Å². The molecule has 2 aromatic rings. The van der Waals surface area contributed by atoms with E-state index >= 15 is 0 Å². The number of carboxylic acid groups (broad SMARTS) is 1. The van der Waals surface area contributed by atoms with Gasteiger partial charge in [-0.25, -0.2) is 8.42 Å². The zero-order valence-electron chi connectivity index (χ0n) is 9.78. The van der Waals surface area contributed by atoms with Gasteiger partial charge in [-0.05, 0) is 11.6 Å². The topological polar surface area (TPSA) is 99.3 Å². The number of carboxylic acids is 1. The van der Waals surface area contributed by atoms with Gasteiger partial charge < -0.3 is 10.1 Å². The number of nitrogens with one attached hydrogen (secondary N) is 2. The van der Waals surface area contributed by atoms with E-state index < -0.39 is 22.0 Å². The van der Waals surface area contributed by atoms with Crippen LogP contribution in [0.2, 0.25) is 0 Å². The van der Waals surface area contributed by atoms with Crippen LogP contribution in [0.1, 0.15) is 11.6 Å². The summed E-state index contributed by atoms with van der Waals surface area (Å²) >= 11 is 0. The predicted octanol–water partition coefficient (Wildman–Crippen LogP) is 1.12. The molecule has 0 saturated heterocycles. The second kappa shape index (κ2) is 5.25. The SMILES string of the molecule is O=C(O)[C@H](NS(=O)(=O)c1cc[nH]c1)c1ccccc1. The molecular formula is C12H12N2O4S. The molecule has 0 aliphatic rings. The number of carbonyl (C=O) groups is 1. The van der Waals surface area contributed by atoms with Crippen LogP contribution in [0.15, 0.2) is 53.7 Å². The third kappa shape index (κ3) is 3.01. The van der Waals surface area contributed by atoms with Gasteiger partial charge in [-0.15, -0.1) is 0 Å². The lowest BCUT2D eigenvalue weighted by atomic mass is 10.1. The van der Waals surface area contributed by atoms with Crippen LogP contribution in [-0.2, 0) is 14.8 Å². The second-order valence-corrected chi connectivity index (χ2v) is 5.56. The number of hydrogen-bond acceptors (Lipinski definition) is 3. The number of hydrogen-bond donors (Lipinski definition) is 3. The molecule has 2 rings (SSSR count). The number of rotatable bonds is 5. The quantitative estimate of drug-likeness (QED) is 0.764. The standard InChI is InChI=1S/C12H12N2O4S/c15-12(16)11(9-4-2-1-3-5-9)14-19(17,18)10-6-7-13-8-10/h1-8,11,13-14H,(H,15,16)/t11-/m1/s1. The van der Waals surface area contributed by atoms with Crippen molar-refractivity contribution in [3.8, 4) is 0 Å². The van der Waals surface area contributed by atoms with Crippen LogP contribution in [0, 0.1) is 0 Å². The lowest BCUT2D eigenvalue weighted by molar-refractivity contribution is -0.139. The van der Waals surface area contributed by atoms with E-state index in [1.807, 2.05) is 0 Å². The molecule has 0 aliphatic carbocycles. The maximum atomic E-state index is 12.0. The van der Waals surface area contributed by atoms with Gasteiger partial charge in [0.25, 0.3) is 0 Å². The molecule has 0 spiro atoms. The Bertz CT molecular complexity index is 650. The Morgan fingerprint density at radius 2 is 1.89 bits per heavy atom. The molecule has 1 aromatic carbocycles. The molecule has 0 unspecified atom stereocenters. The summed E-state index contributed by atoms with van der Waals surface area (Å²) in [6, 6.07) is 8.17. The molecule has 100 valence electrons. The van der Waals surface area contributed by atoms with E-state index in [0.717, 1.165) is 0 Å². The Balaban J connectivity index is 2.31. The van der Waals surface area contributed by atoms with Crippen LogP contribution in [-0.4, -0.2) is 24.5 Å². The first kappa shape index (κ1) is 13.3. The molecule has 0 aliphatic heterocycles. The van der Waals surface area contributed by atoms with Gasteiger partial charge in [0, 0.05) is 12.4 Å². The smallest absolute Gasteiger partial charge is 0.326 e. The van der Waals surface area contributed by atoms with Crippen LogP contribution in [0.3, 0.4) is 0 Å². The summed E-state index contributed by atoms with van der Waals surface area (Å²) in [6.45, 7) is 0. The number of H-pyrrole nitrogens is 1. The van der Waals surface area contributed by atoms with Gasteiger partial charge in [-0.1, -0.05) is 30.3 Å². The third-order valence-corrected chi connectivity index (χ3v) is 3.95. The predicted molar refractivity (Wildman–Crippen MR) is 67.9 cm³/mol. The minimum Gasteiger partial charge on any atom is -0.480 e. The Morgan fingerprint density at radius 1 is 1.21 bits per heavy atom. The average molecular weight is 280 g/mol. The van der Waals surface area contributed by atoms with Crippen LogP contribution >= 0.6 is 0 Å². The molecule has 1 heterocycles. The van der Waals surface area contributed by atoms with Gasteiger partial charge in [-0.2, -0.15) is 4.72 Å². The monoisotopic (exact) mass is 280 g/mol. The van der Waals surface area contributed by atoms with Crippen molar-refractivity contribution in [2.24, 2.45) is 0 Å². The van der Waals surface area contributed by atoms with Gasteiger partial charge in [0.15, 0.2) is 0 Å². The van der Waals surface area contributed by atoms with Crippen LogP contribution in [0.4, 0.5) is 0 Å². The number of aromatic nitrogens is 1. The highest BCUT2D eigenvalue weighted by Gasteiger charge is 2.26. The molecule has 3 N–H and O–H groups in total. The van der Waals surface area contributed by atoms with E-state index in [9.17, 15) is 13.2 Å². The average Bonchev–Trinajstić information content (AvgIpc) is 2.91. The van der Waals surface area contributed by atoms with E-state index in [0.29, 0.717) is 5.56 Å². The first-order valence-electron chi connectivity index (χ1n) is 5.43. The Hall–Kier alpha value is -2.12. The molecule has 19 heavy (non-hydrogen) atoms. The molecule has 0 amide bonds. The van der Waals surface area contributed by atoms with Crippen molar-refractivity contribution >= 4 is 16.0 Å².